The second-order valence-electron chi connectivity index (χ2n) is 4.92. The summed E-state index contributed by atoms with van der Waals surface area (Å²) in [6.45, 7) is 8.98. The molecule has 1 rings (SSSR count). The van der Waals surface area contributed by atoms with Gasteiger partial charge in [-0.3, -0.25) is 0 Å². The molecule has 1 atom stereocenters. The van der Waals surface area contributed by atoms with Crippen molar-refractivity contribution in [3.8, 4) is 11.5 Å². The first-order valence-electron chi connectivity index (χ1n) is 7.51. The summed E-state index contributed by atoms with van der Waals surface area (Å²) in [6, 6.07) is 6.12. The van der Waals surface area contributed by atoms with Crippen LogP contribution in [0.2, 0.25) is 0 Å². The van der Waals surface area contributed by atoms with E-state index in [0.29, 0.717) is 25.6 Å². The Labute approximate surface area is 122 Å². The van der Waals surface area contributed by atoms with Crippen molar-refractivity contribution < 1.29 is 14.3 Å². The van der Waals surface area contributed by atoms with Crippen LogP contribution >= 0.6 is 0 Å². The van der Waals surface area contributed by atoms with Crippen molar-refractivity contribution in [2.24, 2.45) is 0 Å². The Kier molecular flexibility index (Phi) is 7.13. The lowest BCUT2D eigenvalue weighted by Crippen LogP contribution is -2.03. The molecule has 0 aliphatic rings. The molecule has 0 aliphatic heterocycles. The SMILES string of the molecule is CCOc1ccc(C(CC)CCC(C)=O)cc1OCC. The van der Waals surface area contributed by atoms with Crippen molar-refractivity contribution in [1.29, 1.82) is 0 Å². The van der Waals surface area contributed by atoms with Crippen LogP contribution in [-0.4, -0.2) is 19.0 Å². The van der Waals surface area contributed by atoms with Crippen LogP contribution in [0, 0.1) is 0 Å². The van der Waals surface area contributed by atoms with Crippen LogP contribution < -0.4 is 9.47 Å². The Morgan fingerprint density at radius 1 is 1.10 bits per heavy atom. The summed E-state index contributed by atoms with van der Waals surface area (Å²) >= 11 is 0. The molecule has 0 bridgehead atoms. The molecule has 0 heterocycles. The predicted molar refractivity (Wildman–Crippen MR) is 81.7 cm³/mol. The second-order valence-corrected chi connectivity index (χ2v) is 4.92. The molecule has 0 aliphatic carbocycles. The molecule has 0 amide bonds. The van der Waals surface area contributed by atoms with Crippen molar-refractivity contribution in [2.45, 2.75) is 52.9 Å². The van der Waals surface area contributed by atoms with Crippen molar-refractivity contribution in [3.05, 3.63) is 23.8 Å². The van der Waals surface area contributed by atoms with Gasteiger partial charge in [0.15, 0.2) is 11.5 Å². The number of Topliss-reactive ketones (excluding diaryl/α,β-unsaturated/α-hetero) is 1. The van der Waals surface area contributed by atoms with E-state index in [1.54, 1.807) is 6.92 Å². The number of carbonyl (C=O) groups is 1. The van der Waals surface area contributed by atoms with Crippen LogP contribution in [0.5, 0.6) is 11.5 Å². The first-order valence-corrected chi connectivity index (χ1v) is 7.51. The highest BCUT2D eigenvalue weighted by molar-refractivity contribution is 5.75. The zero-order valence-corrected chi connectivity index (χ0v) is 13.1. The molecule has 3 nitrogen and oxygen atoms in total. The van der Waals surface area contributed by atoms with Gasteiger partial charge in [-0.15, -0.1) is 0 Å². The van der Waals surface area contributed by atoms with Gasteiger partial charge in [-0.25, -0.2) is 0 Å². The van der Waals surface area contributed by atoms with E-state index >= 15 is 0 Å². The third-order valence-corrected chi connectivity index (χ3v) is 3.38. The van der Waals surface area contributed by atoms with Crippen molar-refractivity contribution in [3.63, 3.8) is 0 Å². The Hall–Kier alpha value is -1.51. The maximum Gasteiger partial charge on any atom is 0.161 e. The molecule has 0 radical (unpaired) electrons. The van der Waals surface area contributed by atoms with Gasteiger partial charge in [0, 0.05) is 6.42 Å². The number of benzene rings is 1. The van der Waals surface area contributed by atoms with Gasteiger partial charge in [0.1, 0.15) is 5.78 Å². The van der Waals surface area contributed by atoms with Gasteiger partial charge in [-0.2, -0.15) is 0 Å². The predicted octanol–water partition coefficient (Wildman–Crippen LogP) is 4.35. The van der Waals surface area contributed by atoms with Crippen molar-refractivity contribution in [2.75, 3.05) is 13.2 Å². The molecule has 1 aromatic rings. The fourth-order valence-electron chi connectivity index (χ4n) is 2.31. The molecule has 20 heavy (non-hydrogen) atoms. The number of rotatable bonds is 9. The monoisotopic (exact) mass is 278 g/mol. The van der Waals surface area contributed by atoms with E-state index in [9.17, 15) is 4.79 Å². The zero-order valence-electron chi connectivity index (χ0n) is 13.1. The highest BCUT2D eigenvalue weighted by Crippen LogP contribution is 2.34. The fourth-order valence-corrected chi connectivity index (χ4v) is 2.31. The highest BCUT2D eigenvalue weighted by Gasteiger charge is 2.14. The lowest BCUT2D eigenvalue weighted by molar-refractivity contribution is -0.117. The molecule has 1 unspecified atom stereocenters. The average Bonchev–Trinajstić information content (AvgIpc) is 2.42. The average molecular weight is 278 g/mol. The summed E-state index contributed by atoms with van der Waals surface area (Å²) in [5.74, 6) is 2.24. The largest absolute Gasteiger partial charge is 0.490 e. The Morgan fingerprint density at radius 2 is 1.75 bits per heavy atom. The minimum absolute atomic E-state index is 0.249. The summed E-state index contributed by atoms with van der Waals surface area (Å²) in [4.78, 5) is 11.2. The summed E-state index contributed by atoms with van der Waals surface area (Å²) in [5.41, 5.74) is 1.22. The number of ether oxygens (including phenoxy) is 2. The van der Waals surface area contributed by atoms with Crippen LogP contribution in [-0.2, 0) is 4.79 Å². The minimum atomic E-state index is 0.249. The Morgan fingerprint density at radius 3 is 2.30 bits per heavy atom. The molecule has 112 valence electrons. The van der Waals surface area contributed by atoms with Crippen LogP contribution in [0.3, 0.4) is 0 Å². The van der Waals surface area contributed by atoms with E-state index in [1.165, 1.54) is 5.56 Å². The van der Waals surface area contributed by atoms with E-state index in [4.69, 9.17) is 9.47 Å². The quantitative estimate of drug-likeness (QED) is 0.673. The van der Waals surface area contributed by atoms with Crippen LogP contribution in [0.25, 0.3) is 0 Å². The van der Waals surface area contributed by atoms with E-state index in [-0.39, 0.29) is 5.78 Å². The molecule has 0 aromatic heterocycles. The third kappa shape index (κ3) is 4.87. The maximum atomic E-state index is 11.2. The molecule has 0 saturated heterocycles. The molecule has 3 heteroatoms. The smallest absolute Gasteiger partial charge is 0.161 e. The van der Waals surface area contributed by atoms with E-state index in [0.717, 1.165) is 24.3 Å². The Bertz CT molecular complexity index is 426. The third-order valence-electron chi connectivity index (χ3n) is 3.38. The van der Waals surface area contributed by atoms with Gasteiger partial charge in [0.05, 0.1) is 13.2 Å². The standard InChI is InChI=1S/C17H26O3/c1-5-14(9-8-13(4)18)15-10-11-16(19-6-2)17(12-15)20-7-3/h10-12,14H,5-9H2,1-4H3. The van der Waals surface area contributed by atoms with Crippen molar-refractivity contribution in [1.82, 2.24) is 0 Å². The fraction of sp³-hybridized carbons (Fsp3) is 0.588. The topological polar surface area (TPSA) is 35.5 Å². The Balaban J connectivity index is 2.92. The van der Waals surface area contributed by atoms with Gasteiger partial charge in [0.25, 0.3) is 0 Å². The zero-order chi connectivity index (χ0) is 15.0. The molecular weight excluding hydrogens is 252 g/mol. The van der Waals surface area contributed by atoms with E-state index < -0.39 is 0 Å². The molecule has 1 aromatic carbocycles. The number of hydrogen-bond donors (Lipinski definition) is 0. The normalized spacial score (nSPS) is 12.0. The van der Waals surface area contributed by atoms with Gasteiger partial charge in [0.2, 0.25) is 0 Å². The van der Waals surface area contributed by atoms with Crippen LogP contribution in [0.15, 0.2) is 18.2 Å². The first-order chi connectivity index (χ1) is 9.62. The van der Waals surface area contributed by atoms with Gasteiger partial charge >= 0.3 is 0 Å². The molecule has 0 saturated carbocycles. The molecular formula is C17H26O3. The van der Waals surface area contributed by atoms with Gasteiger partial charge < -0.3 is 14.3 Å². The molecule has 0 N–H and O–H groups in total. The lowest BCUT2D eigenvalue weighted by atomic mass is 9.91. The highest BCUT2D eigenvalue weighted by atomic mass is 16.5. The summed E-state index contributed by atoms with van der Waals surface area (Å²) in [5, 5.41) is 0. The molecule has 0 fully saturated rings. The number of hydrogen-bond acceptors (Lipinski definition) is 3. The maximum absolute atomic E-state index is 11.2. The lowest BCUT2D eigenvalue weighted by Gasteiger charge is -2.18. The first kappa shape index (κ1) is 16.5. The summed E-state index contributed by atoms with van der Waals surface area (Å²) in [6.07, 6.45) is 2.55. The van der Waals surface area contributed by atoms with E-state index in [2.05, 4.69) is 19.1 Å². The van der Waals surface area contributed by atoms with E-state index in [1.807, 2.05) is 19.9 Å². The number of carbonyl (C=O) groups excluding carboxylic acids is 1. The van der Waals surface area contributed by atoms with Crippen LogP contribution in [0.4, 0.5) is 0 Å². The van der Waals surface area contributed by atoms with Gasteiger partial charge in [-0.1, -0.05) is 13.0 Å². The van der Waals surface area contributed by atoms with Crippen LogP contribution in [0.1, 0.15) is 58.4 Å². The molecule has 0 spiro atoms. The minimum Gasteiger partial charge on any atom is -0.490 e. The second kappa shape index (κ2) is 8.62. The summed E-state index contributed by atoms with van der Waals surface area (Å²) < 4.78 is 11.2. The van der Waals surface area contributed by atoms with Crippen molar-refractivity contribution >= 4 is 5.78 Å². The number of ketones is 1. The summed E-state index contributed by atoms with van der Waals surface area (Å²) in [7, 11) is 0. The van der Waals surface area contributed by atoms with Gasteiger partial charge in [-0.05, 0) is 57.2 Å².